The zero-order valence-electron chi connectivity index (χ0n) is 10.9. The number of carboxylic acids is 1. The van der Waals surface area contributed by atoms with Crippen LogP contribution in [-0.4, -0.2) is 22.0 Å². The fraction of sp³-hybridized carbons (Fsp3) is 0.357. The minimum atomic E-state index is -0.916. The average molecular weight is 274 g/mol. The van der Waals surface area contributed by atoms with E-state index in [4.69, 9.17) is 0 Å². The molecule has 6 nitrogen and oxygen atoms in total. The smallest absolute Gasteiger partial charge is 0.326 e. The molecular formula is C14H14N2O4. The van der Waals surface area contributed by atoms with Gasteiger partial charge in [0, 0.05) is 23.6 Å². The summed E-state index contributed by atoms with van der Waals surface area (Å²) in [7, 11) is 0. The van der Waals surface area contributed by atoms with E-state index < -0.39 is 16.9 Å². The molecule has 1 aromatic rings. The largest absolute Gasteiger partial charge is 0.480 e. The second kappa shape index (κ2) is 4.33. The molecule has 2 aliphatic rings. The zero-order valence-corrected chi connectivity index (χ0v) is 10.9. The Morgan fingerprint density at radius 3 is 2.90 bits per heavy atom. The van der Waals surface area contributed by atoms with Gasteiger partial charge in [0.25, 0.3) is 5.69 Å². The SMILES string of the molecule is Cc1ccc([N+](=O)[O-])c2c1NC(C(=O)O)C1CC=CC21. The van der Waals surface area contributed by atoms with Gasteiger partial charge in [-0.2, -0.15) is 0 Å². The molecule has 1 aliphatic carbocycles. The van der Waals surface area contributed by atoms with Crippen LogP contribution in [0.5, 0.6) is 0 Å². The number of nitrogens with one attached hydrogen (secondary N) is 1. The molecule has 104 valence electrons. The van der Waals surface area contributed by atoms with Gasteiger partial charge >= 0.3 is 5.97 Å². The number of carboxylic acid groups (broad SMARTS) is 1. The average Bonchev–Trinajstić information content (AvgIpc) is 2.86. The van der Waals surface area contributed by atoms with Gasteiger partial charge in [-0.25, -0.2) is 4.79 Å². The Labute approximate surface area is 115 Å². The van der Waals surface area contributed by atoms with E-state index in [1.807, 2.05) is 19.1 Å². The van der Waals surface area contributed by atoms with Crippen LogP contribution in [0.15, 0.2) is 24.3 Å². The number of fused-ring (bicyclic) bond motifs is 3. The van der Waals surface area contributed by atoms with Crippen LogP contribution in [-0.2, 0) is 4.79 Å². The Morgan fingerprint density at radius 2 is 2.25 bits per heavy atom. The number of aliphatic carboxylic acids is 1. The van der Waals surface area contributed by atoms with E-state index >= 15 is 0 Å². The summed E-state index contributed by atoms with van der Waals surface area (Å²) in [6.07, 6.45) is 4.43. The van der Waals surface area contributed by atoms with Crippen LogP contribution in [0.25, 0.3) is 0 Å². The molecule has 1 heterocycles. The van der Waals surface area contributed by atoms with Gasteiger partial charge in [-0.1, -0.05) is 18.2 Å². The molecule has 0 fully saturated rings. The maximum atomic E-state index is 11.4. The van der Waals surface area contributed by atoms with Crippen molar-refractivity contribution in [1.82, 2.24) is 0 Å². The molecule has 3 rings (SSSR count). The van der Waals surface area contributed by atoms with Crippen molar-refractivity contribution >= 4 is 17.3 Å². The molecule has 0 amide bonds. The molecule has 2 N–H and O–H groups in total. The van der Waals surface area contributed by atoms with E-state index in [-0.39, 0.29) is 17.5 Å². The van der Waals surface area contributed by atoms with Gasteiger partial charge in [-0.15, -0.1) is 0 Å². The van der Waals surface area contributed by atoms with Gasteiger partial charge < -0.3 is 10.4 Å². The molecule has 6 heteroatoms. The standard InChI is InChI=1S/C14H14N2O4/c1-7-5-6-10(16(19)20)11-8-3-2-4-9(8)13(14(17)18)15-12(7)11/h2-3,5-6,8-9,13,15H,4H2,1H3,(H,17,18). The first-order chi connectivity index (χ1) is 9.50. The summed E-state index contributed by atoms with van der Waals surface area (Å²) in [5.41, 5.74) is 2.10. The van der Waals surface area contributed by atoms with Gasteiger partial charge in [-0.05, 0) is 18.9 Å². The summed E-state index contributed by atoms with van der Waals surface area (Å²) in [6, 6.07) is 2.45. The molecule has 3 atom stereocenters. The first-order valence-corrected chi connectivity index (χ1v) is 6.44. The number of carbonyl (C=O) groups is 1. The molecule has 1 aromatic carbocycles. The highest BCUT2D eigenvalue weighted by Crippen LogP contribution is 2.49. The number of aryl methyl sites for hydroxylation is 1. The minimum Gasteiger partial charge on any atom is -0.480 e. The van der Waals surface area contributed by atoms with Crippen molar-refractivity contribution in [2.45, 2.75) is 25.3 Å². The lowest BCUT2D eigenvalue weighted by molar-refractivity contribution is -0.385. The Bertz CT molecular complexity index is 638. The lowest BCUT2D eigenvalue weighted by Crippen LogP contribution is -2.42. The third-order valence-corrected chi connectivity index (χ3v) is 4.17. The highest BCUT2D eigenvalue weighted by atomic mass is 16.6. The van der Waals surface area contributed by atoms with Crippen LogP contribution in [0.4, 0.5) is 11.4 Å². The molecular weight excluding hydrogens is 260 g/mol. The zero-order chi connectivity index (χ0) is 14.4. The van der Waals surface area contributed by atoms with Crippen LogP contribution >= 0.6 is 0 Å². The lowest BCUT2D eigenvalue weighted by atomic mass is 9.78. The molecule has 20 heavy (non-hydrogen) atoms. The number of nitro benzene ring substituents is 1. The predicted octanol–water partition coefficient (Wildman–Crippen LogP) is 2.44. The first kappa shape index (κ1) is 12.7. The first-order valence-electron chi connectivity index (χ1n) is 6.44. The van der Waals surface area contributed by atoms with Gasteiger partial charge in [-0.3, -0.25) is 10.1 Å². The van der Waals surface area contributed by atoms with Gasteiger partial charge in [0.2, 0.25) is 0 Å². The minimum absolute atomic E-state index is 0.0588. The second-order valence-corrected chi connectivity index (χ2v) is 5.26. The summed E-state index contributed by atoms with van der Waals surface area (Å²) in [6.45, 7) is 1.83. The summed E-state index contributed by atoms with van der Waals surface area (Å²) in [5.74, 6) is -1.28. The third-order valence-electron chi connectivity index (χ3n) is 4.17. The van der Waals surface area contributed by atoms with Gasteiger partial charge in [0.05, 0.1) is 10.5 Å². The van der Waals surface area contributed by atoms with Crippen molar-refractivity contribution in [2.75, 3.05) is 5.32 Å². The maximum absolute atomic E-state index is 11.4. The van der Waals surface area contributed by atoms with Crippen molar-refractivity contribution < 1.29 is 14.8 Å². The number of rotatable bonds is 2. The monoisotopic (exact) mass is 274 g/mol. The number of allylic oxidation sites excluding steroid dienone is 2. The quantitative estimate of drug-likeness (QED) is 0.491. The predicted molar refractivity (Wildman–Crippen MR) is 72.9 cm³/mol. The van der Waals surface area contributed by atoms with Crippen LogP contribution < -0.4 is 5.32 Å². The number of hydrogen-bond donors (Lipinski definition) is 2. The number of benzene rings is 1. The molecule has 0 saturated heterocycles. The lowest BCUT2D eigenvalue weighted by Gasteiger charge is -2.35. The molecule has 3 unspecified atom stereocenters. The highest BCUT2D eigenvalue weighted by Gasteiger charge is 2.44. The number of anilines is 1. The Balaban J connectivity index is 2.22. The van der Waals surface area contributed by atoms with Crippen molar-refractivity contribution in [3.8, 4) is 0 Å². The van der Waals surface area contributed by atoms with E-state index in [0.29, 0.717) is 17.7 Å². The van der Waals surface area contributed by atoms with Gasteiger partial charge in [0.15, 0.2) is 0 Å². The van der Waals surface area contributed by atoms with E-state index in [1.165, 1.54) is 6.07 Å². The van der Waals surface area contributed by atoms with Crippen LogP contribution in [0.2, 0.25) is 0 Å². The highest BCUT2D eigenvalue weighted by molar-refractivity contribution is 5.82. The fourth-order valence-electron chi connectivity index (χ4n) is 3.24. The molecule has 0 saturated carbocycles. The Morgan fingerprint density at radius 1 is 1.50 bits per heavy atom. The summed E-state index contributed by atoms with van der Waals surface area (Å²) in [4.78, 5) is 22.2. The van der Waals surface area contributed by atoms with E-state index in [9.17, 15) is 20.0 Å². The third kappa shape index (κ3) is 1.68. The summed E-state index contributed by atoms with van der Waals surface area (Å²) >= 11 is 0. The molecule has 0 aromatic heterocycles. The van der Waals surface area contributed by atoms with Crippen molar-refractivity contribution in [2.24, 2.45) is 5.92 Å². The van der Waals surface area contributed by atoms with Crippen LogP contribution in [0.3, 0.4) is 0 Å². The normalized spacial score (nSPS) is 26.6. The molecule has 0 bridgehead atoms. The van der Waals surface area contributed by atoms with Crippen LogP contribution in [0.1, 0.15) is 23.5 Å². The van der Waals surface area contributed by atoms with Gasteiger partial charge in [0.1, 0.15) is 6.04 Å². The van der Waals surface area contributed by atoms with Crippen molar-refractivity contribution in [3.63, 3.8) is 0 Å². The number of nitro groups is 1. The maximum Gasteiger partial charge on any atom is 0.326 e. The number of nitrogens with zero attached hydrogens (tertiary/aromatic N) is 1. The Hall–Kier alpha value is -2.37. The molecule has 1 aliphatic heterocycles. The molecule has 0 radical (unpaired) electrons. The fourth-order valence-corrected chi connectivity index (χ4v) is 3.24. The number of hydrogen-bond acceptors (Lipinski definition) is 4. The van der Waals surface area contributed by atoms with Crippen molar-refractivity contribution in [1.29, 1.82) is 0 Å². The molecule has 0 spiro atoms. The summed E-state index contributed by atoms with van der Waals surface area (Å²) < 4.78 is 0. The van der Waals surface area contributed by atoms with E-state index in [2.05, 4.69) is 5.32 Å². The van der Waals surface area contributed by atoms with Crippen LogP contribution in [0, 0.1) is 23.0 Å². The Kier molecular flexibility index (Phi) is 2.74. The topological polar surface area (TPSA) is 92.5 Å². The van der Waals surface area contributed by atoms with Crippen molar-refractivity contribution in [3.05, 3.63) is 45.5 Å². The summed E-state index contributed by atoms with van der Waals surface area (Å²) in [5, 5.41) is 23.6. The van der Waals surface area contributed by atoms with E-state index in [0.717, 1.165) is 5.56 Å². The second-order valence-electron chi connectivity index (χ2n) is 5.26. The van der Waals surface area contributed by atoms with E-state index in [1.54, 1.807) is 6.07 Å².